The molecular weight excluding hydrogens is 228 g/mol. The summed E-state index contributed by atoms with van der Waals surface area (Å²) < 4.78 is 0. The molecule has 1 aromatic heterocycles. The first-order valence-corrected chi connectivity index (χ1v) is 7.85. The lowest BCUT2D eigenvalue weighted by molar-refractivity contribution is 0.0742. The number of fused-ring (bicyclic) bond motifs is 1. The highest BCUT2D eigenvalue weighted by molar-refractivity contribution is 7.12. The molecule has 0 saturated heterocycles. The van der Waals surface area contributed by atoms with Crippen LogP contribution in [0.5, 0.6) is 0 Å². The fourth-order valence-corrected chi connectivity index (χ4v) is 4.84. The van der Waals surface area contributed by atoms with Crippen molar-refractivity contribution in [3.8, 4) is 0 Å². The van der Waals surface area contributed by atoms with Gasteiger partial charge in [-0.25, -0.2) is 0 Å². The maximum atomic E-state index is 10.5. The van der Waals surface area contributed by atoms with Crippen molar-refractivity contribution in [1.29, 1.82) is 0 Å². The normalized spacial score (nSPS) is 30.2. The minimum atomic E-state index is -0.187. The summed E-state index contributed by atoms with van der Waals surface area (Å²) in [5.41, 5.74) is 1.52. The van der Waals surface area contributed by atoms with E-state index in [0.29, 0.717) is 5.92 Å². The number of hydrogen-bond donors (Lipinski definition) is 1. The van der Waals surface area contributed by atoms with Gasteiger partial charge in [-0.1, -0.05) is 19.8 Å². The largest absolute Gasteiger partial charge is 0.387 e. The van der Waals surface area contributed by atoms with Gasteiger partial charge in [0.05, 0.1) is 6.10 Å². The number of aliphatic hydroxyl groups excluding tert-OH is 1. The SMILES string of the molecule is CC1CCCC(C(O)c2cc3c(s2)CCC3)C1. The van der Waals surface area contributed by atoms with Crippen LogP contribution in [0, 0.1) is 11.8 Å². The van der Waals surface area contributed by atoms with Crippen molar-refractivity contribution >= 4 is 11.3 Å². The number of aryl methyl sites for hydroxylation is 2. The van der Waals surface area contributed by atoms with Gasteiger partial charge in [-0.05, 0) is 55.6 Å². The molecule has 1 fully saturated rings. The van der Waals surface area contributed by atoms with Crippen molar-refractivity contribution in [1.82, 2.24) is 0 Å². The Balaban J connectivity index is 1.74. The summed E-state index contributed by atoms with van der Waals surface area (Å²) >= 11 is 1.87. The van der Waals surface area contributed by atoms with Gasteiger partial charge in [0.25, 0.3) is 0 Å². The molecule has 0 bridgehead atoms. The molecule has 17 heavy (non-hydrogen) atoms. The van der Waals surface area contributed by atoms with Crippen LogP contribution in [-0.4, -0.2) is 5.11 Å². The molecule has 2 aliphatic carbocycles. The highest BCUT2D eigenvalue weighted by Gasteiger charge is 2.28. The first kappa shape index (κ1) is 11.7. The van der Waals surface area contributed by atoms with Gasteiger partial charge in [0.2, 0.25) is 0 Å². The van der Waals surface area contributed by atoms with Crippen molar-refractivity contribution in [3.05, 3.63) is 21.4 Å². The predicted molar refractivity (Wildman–Crippen MR) is 72.4 cm³/mol. The standard InChI is InChI=1S/C15H22OS/c1-10-4-2-6-12(8-10)15(16)14-9-11-5-3-7-13(11)17-14/h9-10,12,15-16H,2-8H2,1H3. The molecule has 1 nitrogen and oxygen atoms in total. The number of thiophene rings is 1. The van der Waals surface area contributed by atoms with Gasteiger partial charge >= 0.3 is 0 Å². The lowest BCUT2D eigenvalue weighted by atomic mass is 9.79. The van der Waals surface area contributed by atoms with Crippen molar-refractivity contribution in [3.63, 3.8) is 0 Å². The molecule has 3 rings (SSSR count). The van der Waals surface area contributed by atoms with Crippen LogP contribution >= 0.6 is 11.3 Å². The molecule has 3 unspecified atom stereocenters. The molecule has 1 aromatic rings. The fourth-order valence-electron chi connectivity index (χ4n) is 3.50. The van der Waals surface area contributed by atoms with Crippen molar-refractivity contribution in [2.75, 3.05) is 0 Å². The van der Waals surface area contributed by atoms with E-state index in [1.807, 2.05) is 11.3 Å². The van der Waals surface area contributed by atoms with E-state index in [0.717, 1.165) is 5.92 Å². The summed E-state index contributed by atoms with van der Waals surface area (Å²) in [5.74, 6) is 1.31. The van der Waals surface area contributed by atoms with Crippen molar-refractivity contribution < 1.29 is 5.11 Å². The van der Waals surface area contributed by atoms with Gasteiger partial charge < -0.3 is 5.11 Å². The third-order valence-corrected chi connectivity index (χ3v) is 5.79. The molecule has 0 aliphatic heterocycles. The summed E-state index contributed by atoms with van der Waals surface area (Å²) in [6.45, 7) is 2.33. The smallest absolute Gasteiger partial charge is 0.0910 e. The molecule has 2 heteroatoms. The van der Waals surface area contributed by atoms with Crippen LogP contribution in [0.3, 0.4) is 0 Å². The number of hydrogen-bond acceptors (Lipinski definition) is 2. The zero-order valence-electron chi connectivity index (χ0n) is 10.6. The molecule has 1 heterocycles. The van der Waals surface area contributed by atoms with Gasteiger partial charge in [-0.3, -0.25) is 0 Å². The van der Waals surface area contributed by atoms with Gasteiger partial charge in [0.15, 0.2) is 0 Å². The Hall–Kier alpha value is -0.340. The van der Waals surface area contributed by atoms with E-state index in [1.54, 1.807) is 4.88 Å². The first-order valence-electron chi connectivity index (χ1n) is 7.03. The summed E-state index contributed by atoms with van der Waals surface area (Å²) in [5, 5.41) is 10.5. The Morgan fingerprint density at radius 2 is 2.18 bits per heavy atom. The van der Waals surface area contributed by atoms with Gasteiger partial charge in [0.1, 0.15) is 0 Å². The second-order valence-electron chi connectivity index (χ2n) is 5.93. The summed E-state index contributed by atoms with van der Waals surface area (Å²) in [7, 11) is 0. The predicted octanol–water partition coefficient (Wildman–Crippen LogP) is 4.10. The number of rotatable bonds is 2. The molecule has 3 atom stereocenters. The minimum absolute atomic E-state index is 0.187. The van der Waals surface area contributed by atoms with Crippen LogP contribution in [0.2, 0.25) is 0 Å². The Bertz CT molecular complexity index is 374. The zero-order chi connectivity index (χ0) is 11.8. The summed E-state index contributed by atoms with van der Waals surface area (Å²) in [6.07, 6.45) is 8.69. The second kappa shape index (κ2) is 4.74. The van der Waals surface area contributed by atoms with E-state index in [9.17, 15) is 5.11 Å². The lowest BCUT2D eigenvalue weighted by Crippen LogP contribution is -2.19. The zero-order valence-corrected chi connectivity index (χ0v) is 11.4. The van der Waals surface area contributed by atoms with Gasteiger partial charge in [-0.2, -0.15) is 0 Å². The van der Waals surface area contributed by atoms with E-state index in [-0.39, 0.29) is 6.10 Å². The average Bonchev–Trinajstić information content (AvgIpc) is 2.88. The fraction of sp³-hybridized carbons (Fsp3) is 0.733. The Labute approximate surface area is 108 Å². The van der Waals surface area contributed by atoms with Crippen LogP contribution in [0.15, 0.2) is 6.07 Å². The molecule has 0 radical (unpaired) electrons. The monoisotopic (exact) mass is 250 g/mol. The molecular formula is C15H22OS. The maximum Gasteiger partial charge on any atom is 0.0910 e. The van der Waals surface area contributed by atoms with Crippen LogP contribution in [0.4, 0.5) is 0 Å². The van der Waals surface area contributed by atoms with Crippen LogP contribution in [-0.2, 0) is 12.8 Å². The minimum Gasteiger partial charge on any atom is -0.387 e. The quantitative estimate of drug-likeness (QED) is 0.838. The Morgan fingerprint density at radius 3 is 2.94 bits per heavy atom. The third kappa shape index (κ3) is 2.30. The second-order valence-corrected chi connectivity index (χ2v) is 7.10. The van der Waals surface area contributed by atoms with Gasteiger partial charge in [0, 0.05) is 9.75 Å². The lowest BCUT2D eigenvalue weighted by Gasteiger charge is -2.30. The molecule has 94 valence electrons. The maximum absolute atomic E-state index is 10.5. The van der Waals surface area contributed by atoms with Crippen LogP contribution in [0.1, 0.15) is 60.4 Å². The average molecular weight is 250 g/mol. The Kier molecular flexibility index (Phi) is 3.27. The van der Waals surface area contributed by atoms with Crippen molar-refractivity contribution in [2.45, 2.75) is 58.0 Å². The summed E-state index contributed by atoms with van der Waals surface area (Å²) in [4.78, 5) is 2.79. The Morgan fingerprint density at radius 1 is 1.29 bits per heavy atom. The molecule has 1 N–H and O–H groups in total. The van der Waals surface area contributed by atoms with E-state index in [2.05, 4.69) is 13.0 Å². The molecule has 0 aromatic carbocycles. The van der Waals surface area contributed by atoms with Crippen molar-refractivity contribution in [2.24, 2.45) is 11.8 Å². The van der Waals surface area contributed by atoms with E-state index in [1.165, 1.54) is 55.4 Å². The number of aliphatic hydroxyl groups is 1. The molecule has 1 saturated carbocycles. The van der Waals surface area contributed by atoms with Crippen LogP contribution < -0.4 is 0 Å². The third-order valence-electron chi connectivity index (χ3n) is 4.48. The molecule has 0 amide bonds. The molecule has 0 spiro atoms. The topological polar surface area (TPSA) is 20.2 Å². The molecule has 2 aliphatic rings. The first-order chi connectivity index (χ1) is 8.24. The summed E-state index contributed by atoms with van der Waals surface area (Å²) in [6, 6.07) is 2.29. The van der Waals surface area contributed by atoms with Gasteiger partial charge in [-0.15, -0.1) is 11.3 Å². The highest BCUT2D eigenvalue weighted by Crippen LogP contribution is 2.41. The van der Waals surface area contributed by atoms with E-state index < -0.39 is 0 Å². The van der Waals surface area contributed by atoms with E-state index >= 15 is 0 Å². The highest BCUT2D eigenvalue weighted by atomic mass is 32.1. The van der Waals surface area contributed by atoms with Crippen LogP contribution in [0.25, 0.3) is 0 Å². The van der Waals surface area contributed by atoms with E-state index in [4.69, 9.17) is 0 Å².